The van der Waals surface area contributed by atoms with Gasteiger partial charge < -0.3 is 9.26 Å². The number of ether oxygens (including phenoxy) is 1. The highest BCUT2D eigenvalue weighted by molar-refractivity contribution is 5.89. The lowest BCUT2D eigenvalue weighted by Gasteiger charge is -2.05. The number of benzene rings is 2. The minimum absolute atomic E-state index is 0.0242. The number of hydrogen-bond acceptors (Lipinski definition) is 6. The second-order valence-corrected chi connectivity index (χ2v) is 4.63. The summed E-state index contributed by atoms with van der Waals surface area (Å²) in [6.07, 6.45) is 0. The highest BCUT2D eigenvalue weighted by Crippen LogP contribution is 2.22. The van der Waals surface area contributed by atoms with E-state index in [9.17, 15) is 4.79 Å². The lowest BCUT2D eigenvalue weighted by Crippen LogP contribution is -2.20. The standard InChI is InChI=1S/C16H13N3O4/c20-16(18-21)15-17-14(23-19-15)10-22-13-8-6-12(7-9-13)11-4-2-1-3-5-11/h1-9,21H,10H2,(H,18,20). The Morgan fingerprint density at radius 3 is 2.48 bits per heavy atom. The van der Waals surface area contributed by atoms with Crippen molar-refractivity contribution in [3.05, 3.63) is 66.3 Å². The van der Waals surface area contributed by atoms with Crippen molar-refractivity contribution in [2.24, 2.45) is 0 Å². The van der Waals surface area contributed by atoms with Gasteiger partial charge in [0, 0.05) is 0 Å². The van der Waals surface area contributed by atoms with Crippen molar-refractivity contribution in [3.63, 3.8) is 0 Å². The van der Waals surface area contributed by atoms with Crippen LogP contribution >= 0.6 is 0 Å². The third-order valence-electron chi connectivity index (χ3n) is 3.10. The zero-order valence-corrected chi connectivity index (χ0v) is 12.0. The Balaban J connectivity index is 1.63. The fourth-order valence-corrected chi connectivity index (χ4v) is 1.98. The molecule has 0 aliphatic carbocycles. The van der Waals surface area contributed by atoms with Crippen LogP contribution in [-0.4, -0.2) is 21.3 Å². The highest BCUT2D eigenvalue weighted by atomic mass is 16.5. The molecule has 2 N–H and O–H groups in total. The van der Waals surface area contributed by atoms with E-state index in [0.29, 0.717) is 5.75 Å². The Morgan fingerprint density at radius 1 is 1.09 bits per heavy atom. The summed E-state index contributed by atoms with van der Waals surface area (Å²) in [6, 6.07) is 17.6. The van der Waals surface area contributed by atoms with Crippen LogP contribution < -0.4 is 10.2 Å². The van der Waals surface area contributed by atoms with E-state index in [1.807, 2.05) is 54.6 Å². The average Bonchev–Trinajstić information content (AvgIpc) is 3.09. The molecule has 0 unspecified atom stereocenters. The van der Waals surface area contributed by atoms with Crippen LogP contribution in [-0.2, 0) is 6.61 Å². The average molecular weight is 311 g/mol. The SMILES string of the molecule is O=C(NO)c1noc(COc2ccc(-c3ccccc3)cc2)n1. The molecule has 0 aliphatic rings. The molecule has 7 heteroatoms. The Kier molecular flexibility index (Phi) is 4.30. The maximum Gasteiger partial charge on any atom is 0.316 e. The van der Waals surface area contributed by atoms with E-state index in [4.69, 9.17) is 14.5 Å². The predicted octanol–water partition coefficient (Wildman–Crippen LogP) is 2.43. The van der Waals surface area contributed by atoms with Gasteiger partial charge in [0.2, 0.25) is 0 Å². The number of nitrogens with zero attached hydrogens (tertiary/aromatic N) is 2. The second kappa shape index (κ2) is 6.71. The van der Waals surface area contributed by atoms with Crippen LogP contribution in [0, 0.1) is 0 Å². The van der Waals surface area contributed by atoms with E-state index < -0.39 is 5.91 Å². The van der Waals surface area contributed by atoms with Crippen LogP contribution in [0.15, 0.2) is 59.1 Å². The molecular formula is C16H13N3O4. The van der Waals surface area contributed by atoms with Gasteiger partial charge in [-0.3, -0.25) is 10.0 Å². The normalized spacial score (nSPS) is 10.3. The van der Waals surface area contributed by atoms with Crippen molar-refractivity contribution in [2.75, 3.05) is 0 Å². The zero-order valence-electron chi connectivity index (χ0n) is 12.0. The van der Waals surface area contributed by atoms with Crippen LogP contribution in [0.3, 0.4) is 0 Å². The smallest absolute Gasteiger partial charge is 0.316 e. The fourth-order valence-electron chi connectivity index (χ4n) is 1.98. The molecule has 0 bridgehead atoms. The number of hydrogen-bond donors (Lipinski definition) is 2. The molecule has 0 saturated carbocycles. The number of hydroxylamine groups is 1. The molecule has 7 nitrogen and oxygen atoms in total. The minimum atomic E-state index is -0.841. The van der Waals surface area contributed by atoms with Gasteiger partial charge in [-0.25, -0.2) is 5.48 Å². The summed E-state index contributed by atoms with van der Waals surface area (Å²) >= 11 is 0. The molecule has 0 saturated heterocycles. The molecule has 3 rings (SSSR count). The van der Waals surface area contributed by atoms with E-state index in [0.717, 1.165) is 11.1 Å². The van der Waals surface area contributed by atoms with Gasteiger partial charge in [-0.05, 0) is 23.3 Å². The number of carbonyl (C=O) groups excluding carboxylic acids is 1. The van der Waals surface area contributed by atoms with Crippen LogP contribution in [0.2, 0.25) is 0 Å². The Hall–Kier alpha value is -3.19. The molecule has 0 radical (unpaired) electrons. The maximum atomic E-state index is 11.1. The van der Waals surface area contributed by atoms with E-state index in [1.165, 1.54) is 5.48 Å². The van der Waals surface area contributed by atoms with Gasteiger partial charge in [0.15, 0.2) is 6.61 Å². The highest BCUT2D eigenvalue weighted by Gasteiger charge is 2.13. The lowest BCUT2D eigenvalue weighted by molar-refractivity contribution is 0.0691. The lowest BCUT2D eigenvalue weighted by atomic mass is 10.1. The van der Waals surface area contributed by atoms with Crippen molar-refractivity contribution >= 4 is 5.91 Å². The van der Waals surface area contributed by atoms with Crippen LogP contribution in [0.5, 0.6) is 5.75 Å². The third kappa shape index (κ3) is 3.53. The monoisotopic (exact) mass is 311 g/mol. The first-order valence-electron chi connectivity index (χ1n) is 6.81. The molecule has 23 heavy (non-hydrogen) atoms. The van der Waals surface area contributed by atoms with Crippen LogP contribution in [0.4, 0.5) is 0 Å². The van der Waals surface area contributed by atoms with E-state index in [1.54, 1.807) is 0 Å². The fraction of sp³-hybridized carbons (Fsp3) is 0.0625. The summed E-state index contributed by atoms with van der Waals surface area (Å²) in [5, 5.41) is 11.9. The van der Waals surface area contributed by atoms with Crippen LogP contribution in [0.25, 0.3) is 11.1 Å². The molecule has 2 aromatic carbocycles. The Morgan fingerprint density at radius 2 is 1.78 bits per heavy atom. The van der Waals surface area contributed by atoms with Gasteiger partial charge in [0.05, 0.1) is 0 Å². The molecular weight excluding hydrogens is 298 g/mol. The number of amides is 1. The van der Waals surface area contributed by atoms with Gasteiger partial charge in [-0.1, -0.05) is 47.6 Å². The van der Waals surface area contributed by atoms with Gasteiger partial charge in [0.1, 0.15) is 5.75 Å². The number of aromatic nitrogens is 2. The first-order chi connectivity index (χ1) is 11.3. The Labute approximate surface area is 131 Å². The number of rotatable bonds is 5. The summed E-state index contributed by atoms with van der Waals surface area (Å²) in [4.78, 5) is 14.9. The predicted molar refractivity (Wildman–Crippen MR) is 79.8 cm³/mol. The van der Waals surface area contributed by atoms with E-state index in [2.05, 4.69) is 10.1 Å². The van der Waals surface area contributed by atoms with Crippen LogP contribution in [0.1, 0.15) is 16.5 Å². The summed E-state index contributed by atoms with van der Waals surface area (Å²) in [7, 11) is 0. The van der Waals surface area contributed by atoms with Crippen molar-refractivity contribution in [1.29, 1.82) is 0 Å². The molecule has 0 spiro atoms. The quantitative estimate of drug-likeness (QED) is 0.555. The van der Waals surface area contributed by atoms with E-state index in [-0.39, 0.29) is 18.3 Å². The first-order valence-corrected chi connectivity index (χ1v) is 6.81. The molecule has 0 aliphatic heterocycles. The largest absolute Gasteiger partial charge is 0.484 e. The van der Waals surface area contributed by atoms with Gasteiger partial charge in [-0.15, -0.1) is 0 Å². The Bertz CT molecular complexity index is 785. The van der Waals surface area contributed by atoms with Gasteiger partial charge in [-0.2, -0.15) is 4.98 Å². The first kappa shape index (κ1) is 14.7. The number of carbonyl (C=O) groups is 1. The minimum Gasteiger partial charge on any atom is -0.484 e. The molecule has 1 heterocycles. The maximum absolute atomic E-state index is 11.1. The summed E-state index contributed by atoms with van der Waals surface area (Å²) in [5.41, 5.74) is 3.63. The summed E-state index contributed by atoms with van der Waals surface area (Å²) in [5.74, 6) is -0.329. The zero-order chi connectivity index (χ0) is 16.1. The molecule has 0 fully saturated rings. The molecule has 1 amide bonds. The third-order valence-corrected chi connectivity index (χ3v) is 3.10. The van der Waals surface area contributed by atoms with Crippen molar-refractivity contribution in [1.82, 2.24) is 15.6 Å². The van der Waals surface area contributed by atoms with Gasteiger partial charge in [0.25, 0.3) is 11.7 Å². The molecule has 1 aromatic heterocycles. The number of nitrogens with one attached hydrogen (secondary N) is 1. The topological polar surface area (TPSA) is 97.5 Å². The molecule has 0 atom stereocenters. The molecule has 116 valence electrons. The summed E-state index contributed by atoms with van der Waals surface area (Å²) < 4.78 is 10.4. The second-order valence-electron chi connectivity index (χ2n) is 4.63. The van der Waals surface area contributed by atoms with Crippen molar-refractivity contribution < 1.29 is 19.3 Å². The van der Waals surface area contributed by atoms with Gasteiger partial charge >= 0.3 is 5.91 Å². The van der Waals surface area contributed by atoms with Crippen molar-refractivity contribution in [3.8, 4) is 16.9 Å². The van der Waals surface area contributed by atoms with E-state index >= 15 is 0 Å². The van der Waals surface area contributed by atoms with Crippen molar-refractivity contribution in [2.45, 2.75) is 6.61 Å². The summed E-state index contributed by atoms with van der Waals surface area (Å²) in [6.45, 7) is 0.0242. The molecule has 3 aromatic rings.